The molecule has 0 unspecified atom stereocenters. The molecule has 0 spiro atoms. The predicted molar refractivity (Wildman–Crippen MR) is 66.0 cm³/mol. The highest BCUT2D eigenvalue weighted by molar-refractivity contribution is 6.31. The fourth-order valence-corrected chi connectivity index (χ4v) is 2.34. The zero-order chi connectivity index (χ0) is 11.5. The molecular formula is C11H17ClN4. The van der Waals surface area contributed by atoms with Gasteiger partial charge in [-0.2, -0.15) is 0 Å². The van der Waals surface area contributed by atoms with Gasteiger partial charge in [-0.1, -0.05) is 11.6 Å². The van der Waals surface area contributed by atoms with Crippen molar-refractivity contribution in [3.63, 3.8) is 0 Å². The van der Waals surface area contributed by atoms with E-state index in [1.807, 2.05) is 0 Å². The molecule has 88 valence electrons. The van der Waals surface area contributed by atoms with Crippen LogP contribution < -0.4 is 4.90 Å². The van der Waals surface area contributed by atoms with Gasteiger partial charge in [0.25, 0.3) is 0 Å². The molecule has 1 aromatic rings. The van der Waals surface area contributed by atoms with Gasteiger partial charge in [0.15, 0.2) is 11.0 Å². The van der Waals surface area contributed by atoms with Crippen LogP contribution in [-0.2, 0) is 0 Å². The molecule has 4 nitrogen and oxygen atoms in total. The summed E-state index contributed by atoms with van der Waals surface area (Å²) in [5.74, 6) is 0.821. The maximum absolute atomic E-state index is 6.03. The minimum Gasteiger partial charge on any atom is -0.354 e. The molecule has 0 N–H and O–H groups in total. The van der Waals surface area contributed by atoms with Crippen LogP contribution >= 0.6 is 11.6 Å². The second-order valence-electron chi connectivity index (χ2n) is 4.35. The van der Waals surface area contributed by atoms with Crippen LogP contribution in [0.1, 0.15) is 12.8 Å². The molecule has 0 radical (unpaired) electrons. The third-order valence-electron chi connectivity index (χ3n) is 3.13. The Labute approximate surface area is 101 Å². The molecule has 0 aromatic carbocycles. The lowest BCUT2D eigenvalue weighted by Crippen LogP contribution is -2.42. The monoisotopic (exact) mass is 240 g/mol. The van der Waals surface area contributed by atoms with Crippen molar-refractivity contribution in [2.45, 2.75) is 18.9 Å². The van der Waals surface area contributed by atoms with E-state index in [0.29, 0.717) is 11.2 Å². The lowest BCUT2D eigenvalue weighted by Gasteiger charge is -2.35. The highest BCUT2D eigenvalue weighted by Crippen LogP contribution is 2.24. The largest absolute Gasteiger partial charge is 0.354 e. The number of nitrogens with zero attached hydrogens (tertiary/aromatic N) is 4. The van der Waals surface area contributed by atoms with Gasteiger partial charge in [0.1, 0.15) is 0 Å². The summed E-state index contributed by atoms with van der Waals surface area (Å²) in [6, 6.07) is 0.673. The molecule has 1 aliphatic heterocycles. The van der Waals surface area contributed by atoms with Gasteiger partial charge >= 0.3 is 0 Å². The maximum atomic E-state index is 6.03. The number of hydrogen-bond acceptors (Lipinski definition) is 4. The number of halogens is 1. The van der Waals surface area contributed by atoms with E-state index >= 15 is 0 Å². The summed E-state index contributed by atoms with van der Waals surface area (Å²) in [6.45, 7) is 2.00. The van der Waals surface area contributed by atoms with E-state index in [1.54, 1.807) is 12.4 Å². The minimum absolute atomic E-state index is 0.505. The Kier molecular flexibility index (Phi) is 3.61. The molecule has 0 aliphatic carbocycles. The minimum atomic E-state index is 0.505. The van der Waals surface area contributed by atoms with E-state index in [9.17, 15) is 0 Å². The number of hydrogen-bond donors (Lipinski definition) is 0. The zero-order valence-corrected chi connectivity index (χ0v) is 10.5. The van der Waals surface area contributed by atoms with Crippen molar-refractivity contribution in [1.82, 2.24) is 14.9 Å². The summed E-state index contributed by atoms with van der Waals surface area (Å²) in [5.41, 5.74) is 0. The first-order valence-corrected chi connectivity index (χ1v) is 5.94. The molecule has 16 heavy (non-hydrogen) atoms. The number of piperidine rings is 1. The van der Waals surface area contributed by atoms with E-state index < -0.39 is 0 Å². The molecule has 5 heteroatoms. The van der Waals surface area contributed by atoms with Crippen LogP contribution in [0.3, 0.4) is 0 Å². The molecule has 2 heterocycles. The lowest BCUT2D eigenvalue weighted by atomic mass is 10.0. The summed E-state index contributed by atoms with van der Waals surface area (Å²) in [7, 11) is 4.27. The first kappa shape index (κ1) is 11.6. The van der Waals surface area contributed by atoms with Gasteiger partial charge in [-0.05, 0) is 26.9 Å². The fourth-order valence-electron chi connectivity index (χ4n) is 2.12. The average molecular weight is 241 g/mol. The number of aromatic nitrogens is 2. The van der Waals surface area contributed by atoms with Gasteiger partial charge in [0.2, 0.25) is 0 Å². The molecule has 0 atom stereocenters. The topological polar surface area (TPSA) is 32.3 Å². The normalized spacial score (nSPS) is 18.1. The third kappa shape index (κ3) is 2.44. The van der Waals surface area contributed by atoms with Gasteiger partial charge in [0, 0.05) is 31.5 Å². The average Bonchev–Trinajstić information content (AvgIpc) is 2.30. The molecule has 0 amide bonds. The van der Waals surface area contributed by atoms with Crippen molar-refractivity contribution in [2.24, 2.45) is 0 Å². The third-order valence-corrected chi connectivity index (χ3v) is 3.40. The maximum Gasteiger partial charge on any atom is 0.171 e. The quantitative estimate of drug-likeness (QED) is 0.787. The van der Waals surface area contributed by atoms with Gasteiger partial charge in [-0.25, -0.2) is 9.97 Å². The Balaban J connectivity index is 2.02. The van der Waals surface area contributed by atoms with Crippen LogP contribution in [0.15, 0.2) is 12.4 Å². The van der Waals surface area contributed by atoms with Crippen LogP contribution in [-0.4, -0.2) is 48.1 Å². The zero-order valence-electron chi connectivity index (χ0n) is 9.73. The lowest BCUT2D eigenvalue weighted by molar-refractivity contribution is 0.249. The van der Waals surface area contributed by atoms with E-state index in [4.69, 9.17) is 11.6 Å². The number of anilines is 1. The van der Waals surface area contributed by atoms with Crippen LogP contribution in [0.4, 0.5) is 5.82 Å². The van der Waals surface area contributed by atoms with E-state index in [0.717, 1.165) is 31.7 Å². The molecular weight excluding hydrogens is 224 g/mol. The van der Waals surface area contributed by atoms with Crippen molar-refractivity contribution in [1.29, 1.82) is 0 Å². The molecule has 1 saturated heterocycles. The fraction of sp³-hybridized carbons (Fsp3) is 0.636. The van der Waals surface area contributed by atoms with Crippen molar-refractivity contribution in [3.8, 4) is 0 Å². The molecule has 1 fully saturated rings. The Morgan fingerprint density at radius 3 is 2.44 bits per heavy atom. The summed E-state index contributed by atoms with van der Waals surface area (Å²) in [5, 5.41) is 0.505. The SMILES string of the molecule is CN(C)C1CCN(c2nccnc2Cl)CC1. The Morgan fingerprint density at radius 2 is 1.88 bits per heavy atom. The summed E-state index contributed by atoms with van der Waals surface area (Å²) >= 11 is 6.03. The van der Waals surface area contributed by atoms with Crippen LogP contribution in [0.5, 0.6) is 0 Å². The van der Waals surface area contributed by atoms with E-state index in [2.05, 4.69) is 33.9 Å². The second-order valence-corrected chi connectivity index (χ2v) is 4.71. The van der Waals surface area contributed by atoms with Crippen molar-refractivity contribution >= 4 is 17.4 Å². The van der Waals surface area contributed by atoms with Crippen LogP contribution in [0, 0.1) is 0 Å². The highest BCUT2D eigenvalue weighted by atomic mass is 35.5. The standard InChI is InChI=1S/C11H17ClN4/c1-15(2)9-3-7-16(8-4-9)11-10(12)13-5-6-14-11/h5-6,9H,3-4,7-8H2,1-2H3. The molecule has 1 aliphatic rings. The second kappa shape index (κ2) is 4.97. The number of rotatable bonds is 2. The molecule has 0 bridgehead atoms. The van der Waals surface area contributed by atoms with E-state index in [-0.39, 0.29) is 0 Å². The summed E-state index contributed by atoms with van der Waals surface area (Å²) < 4.78 is 0. The summed E-state index contributed by atoms with van der Waals surface area (Å²) in [6.07, 6.45) is 5.62. The smallest absolute Gasteiger partial charge is 0.171 e. The Bertz CT molecular complexity index is 348. The Morgan fingerprint density at radius 1 is 1.25 bits per heavy atom. The van der Waals surface area contributed by atoms with Crippen molar-refractivity contribution in [2.75, 3.05) is 32.1 Å². The predicted octanol–water partition coefficient (Wildman–Crippen LogP) is 1.66. The highest BCUT2D eigenvalue weighted by Gasteiger charge is 2.22. The van der Waals surface area contributed by atoms with Crippen molar-refractivity contribution < 1.29 is 0 Å². The van der Waals surface area contributed by atoms with Crippen molar-refractivity contribution in [3.05, 3.63) is 17.5 Å². The first-order valence-electron chi connectivity index (χ1n) is 5.56. The molecule has 0 saturated carbocycles. The van der Waals surface area contributed by atoms with Crippen LogP contribution in [0.25, 0.3) is 0 Å². The Hall–Kier alpha value is -0.870. The van der Waals surface area contributed by atoms with Gasteiger partial charge in [-0.3, -0.25) is 0 Å². The van der Waals surface area contributed by atoms with Gasteiger partial charge in [-0.15, -0.1) is 0 Å². The first-order chi connectivity index (χ1) is 7.68. The summed E-state index contributed by atoms with van der Waals surface area (Å²) in [4.78, 5) is 12.9. The molecule has 2 rings (SSSR count). The van der Waals surface area contributed by atoms with Gasteiger partial charge < -0.3 is 9.80 Å². The van der Waals surface area contributed by atoms with Crippen LogP contribution in [0.2, 0.25) is 5.15 Å². The van der Waals surface area contributed by atoms with Gasteiger partial charge in [0.05, 0.1) is 0 Å². The van der Waals surface area contributed by atoms with E-state index in [1.165, 1.54) is 0 Å². The molecule has 1 aromatic heterocycles.